The number of hydrogen-bond donors (Lipinski definition) is 3. The highest BCUT2D eigenvalue weighted by Crippen LogP contribution is 2.27. The van der Waals surface area contributed by atoms with Gasteiger partial charge in [-0.3, -0.25) is 0 Å². The van der Waals surface area contributed by atoms with Gasteiger partial charge in [-0.05, 0) is 35.9 Å². The molecule has 8 nitrogen and oxygen atoms in total. The Bertz CT molecular complexity index is 653. The zero-order valence-corrected chi connectivity index (χ0v) is 13.1. The van der Waals surface area contributed by atoms with Crippen molar-refractivity contribution in [2.75, 3.05) is 19.0 Å². The second kappa shape index (κ2) is 8.37. The lowest BCUT2D eigenvalue weighted by molar-refractivity contribution is -0.0834. The average molecular weight is 338 g/mol. The molecule has 9 heteroatoms. The van der Waals surface area contributed by atoms with Gasteiger partial charge < -0.3 is 19.9 Å². The second-order valence-corrected chi connectivity index (χ2v) is 4.80. The number of aromatic nitrogens is 2. The number of aliphatic hydroxyl groups is 1. The van der Waals surface area contributed by atoms with Crippen molar-refractivity contribution in [2.45, 2.75) is 12.7 Å². The standard InChI is InChI=1S/C14H16ClN5O3/c1-22-12(21)6-7-23-10-4-2-9(3-5-10)18-13-11(20-16)8-17-14(15)19-13/h2-5,8,12,16,21H,6-7H2,1H3,(H,17,18,19). The molecule has 1 unspecified atom stereocenters. The molecule has 23 heavy (non-hydrogen) atoms. The fraction of sp³-hybridized carbons (Fsp3) is 0.286. The Hall–Kier alpha value is -2.29. The van der Waals surface area contributed by atoms with Crippen LogP contribution in [0, 0.1) is 5.53 Å². The van der Waals surface area contributed by atoms with Gasteiger partial charge in [0.05, 0.1) is 12.8 Å². The maximum atomic E-state index is 9.26. The molecule has 3 N–H and O–H groups in total. The number of benzene rings is 1. The fourth-order valence-electron chi connectivity index (χ4n) is 1.69. The molecule has 2 aromatic rings. The number of anilines is 2. The van der Waals surface area contributed by atoms with Crippen molar-refractivity contribution in [3.05, 3.63) is 35.7 Å². The van der Waals surface area contributed by atoms with Gasteiger partial charge in [-0.2, -0.15) is 10.1 Å². The van der Waals surface area contributed by atoms with E-state index in [1.54, 1.807) is 24.3 Å². The molecule has 0 spiro atoms. The third kappa shape index (κ3) is 5.13. The van der Waals surface area contributed by atoms with Crippen LogP contribution in [-0.4, -0.2) is 35.1 Å². The number of nitrogens with one attached hydrogen (secondary N) is 2. The van der Waals surface area contributed by atoms with Crippen LogP contribution in [-0.2, 0) is 4.74 Å². The molecule has 1 atom stereocenters. The van der Waals surface area contributed by atoms with Crippen LogP contribution < -0.4 is 10.1 Å². The molecule has 122 valence electrons. The lowest BCUT2D eigenvalue weighted by Gasteiger charge is -2.11. The number of hydrogen-bond acceptors (Lipinski definition) is 8. The van der Waals surface area contributed by atoms with Crippen molar-refractivity contribution in [3.63, 3.8) is 0 Å². The number of aliphatic hydroxyl groups excluding tert-OH is 1. The van der Waals surface area contributed by atoms with Crippen LogP contribution in [0.15, 0.2) is 35.6 Å². The molecule has 0 saturated carbocycles. The average Bonchev–Trinajstić information content (AvgIpc) is 2.56. The van der Waals surface area contributed by atoms with Crippen LogP contribution in [0.3, 0.4) is 0 Å². The summed E-state index contributed by atoms with van der Waals surface area (Å²) in [6, 6.07) is 7.10. The smallest absolute Gasteiger partial charge is 0.224 e. The molecule has 0 amide bonds. The van der Waals surface area contributed by atoms with E-state index >= 15 is 0 Å². The normalized spacial score (nSPS) is 11.8. The highest BCUT2D eigenvalue weighted by Gasteiger charge is 2.07. The molecule has 1 aromatic carbocycles. The van der Waals surface area contributed by atoms with Crippen LogP contribution in [0.5, 0.6) is 5.75 Å². The molecule has 0 fully saturated rings. The summed E-state index contributed by atoms with van der Waals surface area (Å²) >= 11 is 5.74. The quantitative estimate of drug-likeness (QED) is 0.387. The van der Waals surface area contributed by atoms with Gasteiger partial charge in [0.2, 0.25) is 5.28 Å². The first-order valence-corrected chi connectivity index (χ1v) is 7.11. The predicted molar refractivity (Wildman–Crippen MR) is 84.7 cm³/mol. The molecule has 0 aliphatic heterocycles. The number of methoxy groups -OCH3 is 1. The zero-order valence-electron chi connectivity index (χ0n) is 12.4. The predicted octanol–water partition coefficient (Wildman–Crippen LogP) is 3.27. The Morgan fingerprint density at radius 3 is 2.78 bits per heavy atom. The maximum Gasteiger partial charge on any atom is 0.224 e. The molecule has 0 aliphatic carbocycles. The summed E-state index contributed by atoms with van der Waals surface area (Å²) in [5.74, 6) is 1.00. The number of rotatable bonds is 8. The van der Waals surface area contributed by atoms with Crippen LogP contribution >= 0.6 is 11.6 Å². The third-order valence-corrected chi connectivity index (χ3v) is 3.07. The van der Waals surface area contributed by atoms with Gasteiger partial charge in [0.1, 0.15) is 11.4 Å². The number of nitrogens with zero attached hydrogens (tertiary/aromatic N) is 3. The van der Waals surface area contributed by atoms with E-state index in [1.165, 1.54) is 13.3 Å². The topological polar surface area (TPSA) is 113 Å². The maximum absolute atomic E-state index is 9.26. The lowest BCUT2D eigenvalue weighted by atomic mass is 10.3. The van der Waals surface area contributed by atoms with Crippen molar-refractivity contribution < 1.29 is 14.6 Å². The molecular formula is C14H16ClN5O3. The van der Waals surface area contributed by atoms with Crippen molar-refractivity contribution in [1.82, 2.24) is 9.97 Å². The Kier molecular flexibility index (Phi) is 6.21. The van der Waals surface area contributed by atoms with Gasteiger partial charge in [-0.15, -0.1) is 0 Å². The third-order valence-electron chi connectivity index (χ3n) is 2.88. The minimum absolute atomic E-state index is 0.0663. The minimum atomic E-state index is -0.828. The van der Waals surface area contributed by atoms with E-state index < -0.39 is 6.29 Å². The summed E-state index contributed by atoms with van der Waals surface area (Å²) in [5.41, 5.74) is 8.10. The highest BCUT2D eigenvalue weighted by molar-refractivity contribution is 6.28. The Balaban J connectivity index is 1.97. The van der Waals surface area contributed by atoms with Crippen LogP contribution in [0.25, 0.3) is 0 Å². The first-order valence-electron chi connectivity index (χ1n) is 6.73. The molecule has 1 aromatic heterocycles. The van der Waals surface area contributed by atoms with E-state index in [0.717, 1.165) is 5.69 Å². The van der Waals surface area contributed by atoms with E-state index in [2.05, 4.69) is 20.4 Å². The molecular weight excluding hydrogens is 322 g/mol. The first-order chi connectivity index (χ1) is 11.1. The summed E-state index contributed by atoms with van der Waals surface area (Å²) in [5, 5.41) is 15.7. The van der Waals surface area contributed by atoms with E-state index in [1.807, 2.05) is 0 Å². The Morgan fingerprint density at radius 2 is 2.13 bits per heavy atom. The highest BCUT2D eigenvalue weighted by atomic mass is 35.5. The molecule has 0 aliphatic rings. The Labute approximate surface area is 137 Å². The second-order valence-electron chi connectivity index (χ2n) is 4.46. The summed E-state index contributed by atoms with van der Waals surface area (Å²) in [6.07, 6.45) is 0.915. The summed E-state index contributed by atoms with van der Waals surface area (Å²) < 4.78 is 10.2. The number of ether oxygens (including phenoxy) is 2. The van der Waals surface area contributed by atoms with E-state index in [0.29, 0.717) is 24.6 Å². The van der Waals surface area contributed by atoms with Crippen LogP contribution in [0.1, 0.15) is 6.42 Å². The van der Waals surface area contributed by atoms with Gasteiger partial charge in [-0.25, -0.2) is 10.5 Å². The Morgan fingerprint density at radius 1 is 1.39 bits per heavy atom. The van der Waals surface area contributed by atoms with E-state index in [9.17, 15) is 5.11 Å². The van der Waals surface area contributed by atoms with Gasteiger partial charge in [0.15, 0.2) is 12.1 Å². The van der Waals surface area contributed by atoms with Gasteiger partial charge in [-0.1, -0.05) is 0 Å². The molecule has 0 bridgehead atoms. The first kappa shape index (κ1) is 17.1. The van der Waals surface area contributed by atoms with Gasteiger partial charge in [0, 0.05) is 19.2 Å². The summed E-state index contributed by atoms with van der Waals surface area (Å²) in [6.45, 7) is 0.338. The fourth-order valence-corrected chi connectivity index (χ4v) is 1.83. The zero-order chi connectivity index (χ0) is 16.7. The van der Waals surface area contributed by atoms with Crippen molar-refractivity contribution in [1.29, 1.82) is 5.53 Å². The van der Waals surface area contributed by atoms with E-state index in [-0.39, 0.29) is 11.0 Å². The molecule has 0 radical (unpaired) electrons. The number of halogens is 1. The molecule has 2 rings (SSSR count). The summed E-state index contributed by atoms with van der Waals surface area (Å²) in [4.78, 5) is 7.77. The van der Waals surface area contributed by atoms with Crippen molar-refractivity contribution in [2.24, 2.45) is 5.11 Å². The molecule has 0 saturated heterocycles. The van der Waals surface area contributed by atoms with E-state index in [4.69, 9.17) is 26.6 Å². The van der Waals surface area contributed by atoms with Crippen molar-refractivity contribution in [3.8, 4) is 5.75 Å². The monoisotopic (exact) mass is 337 g/mol. The van der Waals surface area contributed by atoms with Crippen LogP contribution in [0.2, 0.25) is 5.28 Å². The van der Waals surface area contributed by atoms with Gasteiger partial charge in [0.25, 0.3) is 0 Å². The van der Waals surface area contributed by atoms with Crippen molar-refractivity contribution >= 4 is 28.8 Å². The molecule has 1 heterocycles. The summed E-state index contributed by atoms with van der Waals surface area (Å²) in [7, 11) is 1.43. The lowest BCUT2D eigenvalue weighted by Crippen LogP contribution is -2.13. The SMILES string of the molecule is COC(O)CCOc1ccc(Nc2nc(Cl)ncc2N=N)cc1. The largest absolute Gasteiger partial charge is 0.493 e. The van der Waals surface area contributed by atoms with Crippen LogP contribution in [0.4, 0.5) is 17.2 Å². The minimum Gasteiger partial charge on any atom is -0.493 e. The van der Waals surface area contributed by atoms with Gasteiger partial charge >= 0.3 is 0 Å².